The van der Waals surface area contributed by atoms with Crippen LogP contribution in [0.25, 0.3) is 0 Å². The first-order valence-electron chi connectivity index (χ1n) is 7.95. The Morgan fingerprint density at radius 3 is 2.41 bits per heavy atom. The molecule has 0 atom stereocenters. The fourth-order valence-corrected chi connectivity index (χ4v) is 2.79. The fraction of sp³-hybridized carbons (Fsp3) is 0.389. The normalized spacial score (nSPS) is 15.8. The van der Waals surface area contributed by atoms with Crippen molar-refractivity contribution in [3.8, 4) is 5.75 Å². The minimum absolute atomic E-state index is 0.717. The van der Waals surface area contributed by atoms with Crippen LogP contribution in [0, 0.1) is 0 Å². The molecular formula is C18H23N3O. The smallest absolute Gasteiger partial charge is 0.128 e. The maximum atomic E-state index is 5.49. The lowest BCUT2D eigenvalue weighted by atomic mass is 10.2. The molecule has 1 saturated heterocycles. The summed E-state index contributed by atoms with van der Waals surface area (Å²) in [6.45, 7) is 7.95. The molecule has 4 heteroatoms. The monoisotopic (exact) mass is 297 g/mol. The van der Waals surface area contributed by atoms with Crippen LogP contribution >= 0.6 is 0 Å². The predicted molar refractivity (Wildman–Crippen MR) is 89.3 cm³/mol. The first-order chi connectivity index (χ1) is 10.8. The quantitative estimate of drug-likeness (QED) is 0.848. The minimum Gasteiger partial charge on any atom is -0.494 e. The molecule has 0 bridgehead atoms. The predicted octanol–water partition coefficient (Wildman–Crippen LogP) is 2.80. The lowest BCUT2D eigenvalue weighted by Crippen LogP contribution is -2.46. The fourth-order valence-electron chi connectivity index (χ4n) is 2.79. The summed E-state index contributed by atoms with van der Waals surface area (Å²) in [5.74, 6) is 2.04. The van der Waals surface area contributed by atoms with E-state index in [0.717, 1.165) is 50.9 Å². The van der Waals surface area contributed by atoms with Gasteiger partial charge >= 0.3 is 0 Å². The number of hydrogen-bond donors (Lipinski definition) is 0. The number of anilines is 1. The van der Waals surface area contributed by atoms with E-state index < -0.39 is 0 Å². The molecule has 2 heterocycles. The molecular weight excluding hydrogens is 274 g/mol. The molecule has 0 radical (unpaired) electrons. The molecule has 3 rings (SSSR count). The van der Waals surface area contributed by atoms with Crippen LogP contribution in [0.4, 0.5) is 5.82 Å². The number of hydrogen-bond acceptors (Lipinski definition) is 4. The summed E-state index contributed by atoms with van der Waals surface area (Å²) in [7, 11) is 0. The van der Waals surface area contributed by atoms with Gasteiger partial charge in [0.25, 0.3) is 0 Å². The zero-order chi connectivity index (χ0) is 15.2. The molecule has 0 amide bonds. The van der Waals surface area contributed by atoms with Gasteiger partial charge in [0.05, 0.1) is 6.61 Å². The van der Waals surface area contributed by atoms with Crippen molar-refractivity contribution in [2.45, 2.75) is 13.5 Å². The number of nitrogens with zero attached hydrogens (tertiary/aromatic N) is 3. The first kappa shape index (κ1) is 14.9. The van der Waals surface area contributed by atoms with Crippen molar-refractivity contribution in [1.29, 1.82) is 0 Å². The largest absolute Gasteiger partial charge is 0.494 e. The van der Waals surface area contributed by atoms with E-state index in [1.54, 1.807) is 0 Å². The van der Waals surface area contributed by atoms with Gasteiger partial charge in [-0.05, 0) is 36.8 Å². The molecule has 22 heavy (non-hydrogen) atoms. The third-order valence-corrected chi connectivity index (χ3v) is 3.99. The van der Waals surface area contributed by atoms with Crippen molar-refractivity contribution < 1.29 is 4.74 Å². The van der Waals surface area contributed by atoms with E-state index in [1.807, 2.05) is 19.2 Å². The van der Waals surface area contributed by atoms with Crippen LogP contribution in [0.1, 0.15) is 12.5 Å². The highest BCUT2D eigenvalue weighted by Gasteiger charge is 2.17. The Balaban J connectivity index is 1.51. The zero-order valence-electron chi connectivity index (χ0n) is 13.1. The van der Waals surface area contributed by atoms with Crippen LogP contribution in [-0.4, -0.2) is 42.7 Å². The van der Waals surface area contributed by atoms with Crippen molar-refractivity contribution in [2.75, 3.05) is 37.7 Å². The lowest BCUT2D eigenvalue weighted by molar-refractivity contribution is 0.249. The second-order valence-corrected chi connectivity index (χ2v) is 5.53. The number of aromatic nitrogens is 1. The van der Waals surface area contributed by atoms with Gasteiger partial charge in [-0.15, -0.1) is 0 Å². The Labute approximate surface area is 132 Å². The van der Waals surface area contributed by atoms with E-state index in [2.05, 4.69) is 51.2 Å². The van der Waals surface area contributed by atoms with E-state index in [0.29, 0.717) is 0 Å². The third kappa shape index (κ3) is 3.77. The molecule has 2 aromatic rings. The molecule has 1 aromatic carbocycles. The summed E-state index contributed by atoms with van der Waals surface area (Å²) in [4.78, 5) is 9.28. The molecule has 116 valence electrons. The van der Waals surface area contributed by atoms with Crippen molar-refractivity contribution >= 4 is 5.82 Å². The standard InChI is InChI=1S/C18H23N3O/c1-2-22-17-8-6-16(7-9-17)15-20-11-13-21(14-12-20)18-5-3-4-10-19-18/h3-10H,2,11-15H2,1H3. The van der Waals surface area contributed by atoms with E-state index in [4.69, 9.17) is 4.74 Å². The highest BCUT2D eigenvalue weighted by molar-refractivity contribution is 5.38. The minimum atomic E-state index is 0.717. The Bertz CT molecular complexity index is 563. The summed E-state index contributed by atoms with van der Waals surface area (Å²) in [6.07, 6.45) is 1.86. The van der Waals surface area contributed by atoms with Crippen LogP contribution in [0.3, 0.4) is 0 Å². The second-order valence-electron chi connectivity index (χ2n) is 5.53. The van der Waals surface area contributed by atoms with Gasteiger partial charge in [0.1, 0.15) is 11.6 Å². The van der Waals surface area contributed by atoms with Crippen molar-refractivity contribution in [2.24, 2.45) is 0 Å². The Morgan fingerprint density at radius 2 is 1.77 bits per heavy atom. The van der Waals surface area contributed by atoms with Gasteiger partial charge in [0.15, 0.2) is 0 Å². The number of benzene rings is 1. The molecule has 1 aromatic heterocycles. The summed E-state index contributed by atoms with van der Waals surface area (Å²) in [5, 5.41) is 0. The van der Waals surface area contributed by atoms with Crippen molar-refractivity contribution in [1.82, 2.24) is 9.88 Å². The van der Waals surface area contributed by atoms with Crippen molar-refractivity contribution in [3.63, 3.8) is 0 Å². The topological polar surface area (TPSA) is 28.6 Å². The molecule has 0 unspecified atom stereocenters. The van der Waals surface area contributed by atoms with Gasteiger partial charge in [-0.3, -0.25) is 4.90 Å². The molecule has 0 saturated carbocycles. The first-order valence-corrected chi connectivity index (χ1v) is 7.95. The highest BCUT2D eigenvalue weighted by atomic mass is 16.5. The van der Waals surface area contributed by atoms with Crippen molar-refractivity contribution in [3.05, 3.63) is 54.2 Å². The number of piperazine rings is 1. The molecule has 0 spiro atoms. The van der Waals surface area contributed by atoms with Gasteiger partial charge in [0, 0.05) is 38.9 Å². The zero-order valence-corrected chi connectivity index (χ0v) is 13.1. The Kier molecular flexibility index (Phi) is 4.91. The van der Waals surface area contributed by atoms with Gasteiger partial charge in [-0.1, -0.05) is 18.2 Å². The Morgan fingerprint density at radius 1 is 1.00 bits per heavy atom. The van der Waals surface area contributed by atoms with Gasteiger partial charge in [0.2, 0.25) is 0 Å². The number of pyridine rings is 1. The van der Waals surface area contributed by atoms with Crippen LogP contribution < -0.4 is 9.64 Å². The van der Waals surface area contributed by atoms with E-state index in [1.165, 1.54) is 5.56 Å². The van der Waals surface area contributed by atoms with Gasteiger partial charge in [-0.2, -0.15) is 0 Å². The molecule has 0 aliphatic carbocycles. The van der Waals surface area contributed by atoms with Crippen LogP contribution in [0.5, 0.6) is 5.75 Å². The molecule has 1 aliphatic rings. The molecule has 1 fully saturated rings. The SMILES string of the molecule is CCOc1ccc(CN2CCN(c3ccccn3)CC2)cc1. The van der Waals surface area contributed by atoms with E-state index in [-0.39, 0.29) is 0 Å². The highest BCUT2D eigenvalue weighted by Crippen LogP contribution is 2.16. The van der Waals surface area contributed by atoms with Crippen LogP contribution in [0.2, 0.25) is 0 Å². The number of rotatable bonds is 5. The number of ether oxygens (including phenoxy) is 1. The average molecular weight is 297 g/mol. The van der Waals surface area contributed by atoms with E-state index in [9.17, 15) is 0 Å². The molecule has 4 nitrogen and oxygen atoms in total. The van der Waals surface area contributed by atoms with E-state index >= 15 is 0 Å². The summed E-state index contributed by atoms with van der Waals surface area (Å²) >= 11 is 0. The summed E-state index contributed by atoms with van der Waals surface area (Å²) in [5.41, 5.74) is 1.34. The van der Waals surface area contributed by atoms with Crippen LogP contribution in [-0.2, 0) is 6.54 Å². The average Bonchev–Trinajstić information content (AvgIpc) is 2.58. The lowest BCUT2D eigenvalue weighted by Gasteiger charge is -2.35. The second kappa shape index (κ2) is 7.27. The molecule has 1 aliphatic heterocycles. The Hall–Kier alpha value is -2.07. The maximum absolute atomic E-state index is 5.49. The summed E-state index contributed by atoms with van der Waals surface area (Å²) < 4.78 is 5.49. The van der Waals surface area contributed by atoms with Gasteiger partial charge in [-0.25, -0.2) is 4.98 Å². The third-order valence-electron chi connectivity index (χ3n) is 3.99. The molecule has 0 N–H and O–H groups in total. The maximum Gasteiger partial charge on any atom is 0.128 e. The van der Waals surface area contributed by atoms with Crippen LogP contribution in [0.15, 0.2) is 48.7 Å². The van der Waals surface area contributed by atoms with Gasteiger partial charge < -0.3 is 9.64 Å². The summed E-state index contributed by atoms with van der Waals surface area (Å²) in [6, 6.07) is 14.5.